The molecule has 0 amide bonds. The number of aryl methyl sites for hydroxylation is 2. The molecule has 0 aliphatic carbocycles. The lowest BCUT2D eigenvalue weighted by Crippen LogP contribution is -2.12. The Bertz CT molecular complexity index is 590. The summed E-state index contributed by atoms with van der Waals surface area (Å²) in [5.41, 5.74) is 2.59. The summed E-state index contributed by atoms with van der Waals surface area (Å²) in [4.78, 5) is 0. The fourth-order valence-electron chi connectivity index (χ4n) is 2.36. The van der Waals surface area contributed by atoms with E-state index in [2.05, 4.69) is 12.0 Å². The van der Waals surface area contributed by atoms with E-state index in [0.717, 1.165) is 35.7 Å². The average Bonchev–Trinajstić information content (AvgIpc) is 2.90. The number of aliphatic hydroxyl groups is 1. The molecule has 0 saturated heterocycles. The molecular formula is C17H24N2O2. The maximum absolute atomic E-state index is 10.8. The van der Waals surface area contributed by atoms with E-state index in [9.17, 15) is 5.11 Å². The Morgan fingerprint density at radius 1 is 1.24 bits per heavy atom. The maximum atomic E-state index is 10.8. The van der Waals surface area contributed by atoms with Crippen molar-refractivity contribution in [2.75, 3.05) is 0 Å². The van der Waals surface area contributed by atoms with Crippen LogP contribution in [0.1, 0.15) is 50.8 Å². The van der Waals surface area contributed by atoms with Crippen LogP contribution in [0.5, 0.6) is 5.75 Å². The molecule has 21 heavy (non-hydrogen) atoms. The summed E-state index contributed by atoms with van der Waals surface area (Å²) < 4.78 is 7.66. The van der Waals surface area contributed by atoms with E-state index in [1.807, 2.05) is 55.8 Å². The summed E-state index contributed by atoms with van der Waals surface area (Å²) in [5, 5.41) is 15.3. The first-order valence-corrected chi connectivity index (χ1v) is 7.57. The van der Waals surface area contributed by atoms with Gasteiger partial charge < -0.3 is 9.84 Å². The lowest BCUT2D eigenvalue weighted by Gasteiger charge is -2.18. The van der Waals surface area contributed by atoms with Crippen molar-refractivity contribution in [3.8, 4) is 5.75 Å². The Labute approximate surface area is 126 Å². The number of hydrogen-bond donors (Lipinski definition) is 1. The van der Waals surface area contributed by atoms with Gasteiger partial charge in [0.05, 0.1) is 17.5 Å². The molecule has 4 heteroatoms. The third-order valence-electron chi connectivity index (χ3n) is 3.38. The zero-order valence-electron chi connectivity index (χ0n) is 13.2. The fraction of sp³-hybridized carbons (Fsp3) is 0.471. The van der Waals surface area contributed by atoms with Gasteiger partial charge in [0.25, 0.3) is 0 Å². The third-order valence-corrected chi connectivity index (χ3v) is 3.38. The van der Waals surface area contributed by atoms with Crippen LogP contribution in [-0.2, 0) is 13.0 Å². The second-order valence-electron chi connectivity index (χ2n) is 5.34. The Kier molecular flexibility index (Phi) is 5.02. The zero-order chi connectivity index (χ0) is 15.4. The van der Waals surface area contributed by atoms with E-state index in [1.165, 1.54) is 0 Å². The quantitative estimate of drug-likeness (QED) is 0.887. The van der Waals surface area contributed by atoms with Crippen molar-refractivity contribution >= 4 is 0 Å². The Morgan fingerprint density at radius 2 is 1.95 bits per heavy atom. The average molecular weight is 288 g/mol. The first kappa shape index (κ1) is 15.6. The first-order chi connectivity index (χ1) is 10.1. The van der Waals surface area contributed by atoms with E-state index in [0.29, 0.717) is 0 Å². The normalized spacial score (nSPS) is 12.7. The van der Waals surface area contributed by atoms with Crippen molar-refractivity contribution in [1.82, 2.24) is 9.78 Å². The van der Waals surface area contributed by atoms with E-state index >= 15 is 0 Å². The van der Waals surface area contributed by atoms with Gasteiger partial charge in [0.15, 0.2) is 0 Å². The van der Waals surface area contributed by atoms with Crippen LogP contribution in [-0.4, -0.2) is 21.0 Å². The molecular weight excluding hydrogens is 264 g/mol. The molecule has 0 saturated carbocycles. The van der Waals surface area contributed by atoms with Gasteiger partial charge in [0.1, 0.15) is 11.9 Å². The minimum Gasteiger partial charge on any atom is -0.491 e. The third kappa shape index (κ3) is 3.45. The largest absolute Gasteiger partial charge is 0.491 e. The molecule has 1 heterocycles. The van der Waals surface area contributed by atoms with Crippen LogP contribution in [0.3, 0.4) is 0 Å². The highest BCUT2D eigenvalue weighted by Gasteiger charge is 2.20. The number of benzene rings is 1. The molecule has 0 radical (unpaired) electrons. The van der Waals surface area contributed by atoms with Crippen LogP contribution >= 0.6 is 0 Å². The van der Waals surface area contributed by atoms with Gasteiger partial charge in [-0.2, -0.15) is 5.10 Å². The van der Waals surface area contributed by atoms with Crippen LogP contribution < -0.4 is 4.74 Å². The lowest BCUT2D eigenvalue weighted by atomic mass is 10.0. The van der Waals surface area contributed by atoms with E-state index in [4.69, 9.17) is 4.74 Å². The monoisotopic (exact) mass is 288 g/mol. The Hall–Kier alpha value is -1.81. The van der Waals surface area contributed by atoms with Crippen LogP contribution in [0.4, 0.5) is 0 Å². The van der Waals surface area contributed by atoms with Crippen LogP contribution in [0.2, 0.25) is 0 Å². The highest BCUT2D eigenvalue weighted by molar-refractivity contribution is 5.39. The molecule has 1 N–H and O–H groups in total. The molecule has 1 aromatic carbocycles. The van der Waals surface area contributed by atoms with Crippen molar-refractivity contribution in [1.29, 1.82) is 0 Å². The predicted octanol–water partition coefficient (Wildman–Crippen LogP) is 3.33. The Balaban J connectivity index is 2.40. The molecule has 0 spiro atoms. The number of aliphatic hydroxyl groups excluding tert-OH is 1. The van der Waals surface area contributed by atoms with Gasteiger partial charge >= 0.3 is 0 Å². The second-order valence-corrected chi connectivity index (χ2v) is 5.34. The van der Waals surface area contributed by atoms with Gasteiger partial charge in [0.2, 0.25) is 0 Å². The van der Waals surface area contributed by atoms with Gasteiger partial charge in [-0.05, 0) is 39.3 Å². The number of aromatic nitrogens is 2. The summed E-state index contributed by atoms with van der Waals surface area (Å²) in [6, 6.07) is 9.61. The van der Waals surface area contributed by atoms with Crippen LogP contribution in [0.15, 0.2) is 30.3 Å². The standard InChI is InChI=1S/C17H24N2O2/c1-5-13-11-15(19(6-2)18-13)17(20)14-9-7-8-10-16(14)21-12(3)4/h7-12,17,20H,5-6H2,1-4H3. The number of para-hydroxylation sites is 1. The van der Waals surface area contributed by atoms with Crippen molar-refractivity contribution in [2.24, 2.45) is 0 Å². The SMILES string of the molecule is CCc1cc(C(O)c2ccccc2OC(C)C)n(CC)n1. The fourth-order valence-corrected chi connectivity index (χ4v) is 2.36. The molecule has 0 aliphatic heterocycles. The van der Waals surface area contributed by atoms with Gasteiger partial charge in [0, 0.05) is 12.1 Å². The summed E-state index contributed by atoms with van der Waals surface area (Å²) in [6.45, 7) is 8.79. The van der Waals surface area contributed by atoms with Gasteiger partial charge in [-0.1, -0.05) is 25.1 Å². The molecule has 1 aromatic heterocycles. The van der Waals surface area contributed by atoms with E-state index in [-0.39, 0.29) is 6.10 Å². The molecule has 1 atom stereocenters. The molecule has 0 bridgehead atoms. The molecule has 0 fully saturated rings. The lowest BCUT2D eigenvalue weighted by molar-refractivity contribution is 0.190. The van der Waals surface area contributed by atoms with Crippen LogP contribution in [0, 0.1) is 0 Å². The number of nitrogens with zero attached hydrogens (tertiary/aromatic N) is 2. The molecule has 114 valence electrons. The maximum Gasteiger partial charge on any atom is 0.125 e. The van der Waals surface area contributed by atoms with Crippen molar-refractivity contribution < 1.29 is 9.84 Å². The minimum absolute atomic E-state index is 0.0700. The minimum atomic E-state index is -0.729. The zero-order valence-corrected chi connectivity index (χ0v) is 13.2. The van der Waals surface area contributed by atoms with Crippen molar-refractivity contribution in [3.05, 3.63) is 47.3 Å². The van der Waals surface area contributed by atoms with Crippen LogP contribution in [0.25, 0.3) is 0 Å². The molecule has 4 nitrogen and oxygen atoms in total. The van der Waals surface area contributed by atoms with Gasteiger partial charge in [-0.15, -0.1) is 0 Å². The molecule has 0 aliphatic rings. The summed E-state index contributed by atoms with van der Waals surface area (Å²) >= 11 is 0. The number of hydrogen-bond acceptors (Lipinski definition) is 3. The number of rotatable bonds is 6. The molecule has 2 aromatic rings. The van der Waals surface area contributed by atoms with Gasteiger partial charge in [-0.3, -0.25) is 4.68 Å². The van der Waals surface area contributed by atoms with Gasteiger partial charge in [-0.25, -0.2) is 0 Å². The van der Waals surface area contributed by atoms with Crippen molar-refractivity contribution in [2.45, 2.75) is 52.9 Å². The summed E-state index contributed by atoms with van der Waals surface area (Å²) in [6.07, 6.45) is 0.199. The summed E-state index contributed by atoms with van der Waals surface area (Å²) in [5.74, 6) is 0.724. The summed E-state index contributed by atoms with van der Waals surface area (Å²) in [7, 11) is 0. The smallest absolute Gasteiger partial charge is 0.125 e. The van der Waals surface area contributed by atoms with Crippen molar-refractivity contribution in [3.63, 3.8) is 0 Å². The van der Waals surface area contributed by atoms with E-state index in [1.54, 1.807) is 0 Å². The highest BCUT2D eigenvalue weighted by atomic mass is 16.5. The molecule has 2 rings (SSSR count). The van der Waals surface area contributed by atoms with E-state index < -0.39 is 6.10 Å². The topological polar surface area (TPSA) is 47.3 Å². The second kappa shape index (κ2) is 6.76. The number of ether oxygens (including phenoxy) is 1. The highest BCUT2D eigenvalue weighted by Crippen LogP contribution is 2.31. The predicted molar refractivity (Wildman–Crippen MR) is 83.5 cm³/mol. The molecule has 1 unspecified atom stereocenters. The first-order valence-electron chi connectivity index (χ1n) is 7.57. The Morgan fingerprint density at radius 3 is 2.57 bits per heavy atom.